The quantitative estimate of drug-likeness (QED) is 0.274. The van der Waals surface area contributed by atoms with Gasteiger partial charge < -0.3 is 19.8 Å². The summed E-state index contributed by atoms with van der Waals surface area (Å²) in [6.45, 7) is 5.49. The molecule has 0 aromatic heterocycles. The maximum absolute atomic E-state index is 10.9. The fourth-order valence-corrected chi connectivity index (χ4v) is 2.07. The molecule has 0 saturated heterocycles. The SMILES string of the molecule is CCCCCCCCN(C(C)C(=O)[O-])C(C)C(=O)[O-].[K+].[K+]. The summed E-state index contributed by atoms with van der Waals surface area (Å²) in [5.74, 6) is -2.50. The number of unbranched alkanes of at least 4 members (excludes halogenated alkanes) is 5. The van der Waals surface area contributed by atoms with Crippen molar-refractivity contribution in [1.82, 2.24) is 4.90 Å². The van der Waals surface area contributed by atoms with Gasteiger partial charge in [-0.1, -0.05) is 39.0 Å². The monoisotopic (exact) mass is 349 g/mol. The number of carboxylic acid groups (broad SMARTS) is 2. The summed E-state index contributed by atoms with van der Waals surface area (Å²) in [7, 11) is 0. The van der Waals surface area contributed by atoms with Crippen LogP contribution in [0.3, 0.4) is 0 Å². The molecule has 0 amide bonds. The number of carboxylic acids is 2. The number of aliphatic carboxylic acids is 2. The minimum atomic E-state index is -1.25. The van der Waals surface area contributed by atoms with Gasteiger partial charge in [0.1, 0.15) is 0 Å². The van der Waals surface area contributed by atoms with Crippen LogP contribution in [0.1, 0.15) is 59.3 Å². The summed E-state index contributed by atoms with van der Waals surface area (Å²) in [5.41, 5.74) is 0. The second-order valence-corrected chi connectivity index (χ2v) is 5.00. The van der Waals surface area contributed by atoms with E-state index in [0.29, 0.717) is 6.54 Å². The second-order valence-electron chi connectivity index (χ2n) is 5.00. The smallest absolute Gasteiger partial charge is 0.548 e. The van der Waals surface area contributed by atoms with Crippen LogP contribution in [0, 0.1) is 0 Å². The van der Waals surface area contributed by atoms with Crippen molar-refractivity contribution in [3.63, 3.8) is 0 Å². The number of carbonyl (C=O) groups is 2. The first-order valence-corrected chi connectivity index (χ1v) is 7.09. The van der Waals surface area contributed by atoms with Crippen LogP contribution in [-0.2, 0) is 9.59 Å². The number of rotatable bonds is 11. The first-order chi connectivity index (χ1) is 8.91. The molecular weight excluding hydrogens is 324 g/mol. The largest absolute Gasteiger partial charge is 1.00 e. The Morgan fingerprint density at radius 3 is 1.62 bits per heavy atom. The van der Waals surface area contributed by atoms with E-state index in [9.17, 15) is 19.8 Å². The zero-order chi connectivity index (χ0) is 14.8. The molecule has 112 valence electrons. The first-order valence-electron chi connectivity index (χ1n) is 7.09. The molecule has 0 heterocycles. The van der Waals surface area contributed by atoms with Crippen molar-refractivity contribution in [3.05, 3.63) is 0 Å². The average molecular weight is 350 g/mol. The van der Waals surface area contributed by atoms with Crippen molar-refractivity contribution in [2.24, 2.45) is 0 Å². The molecule has 0 radical (unpaired) electrons. The standard InChI is InChI=1S/C14H27NO4.2K/c1-4-5-6-7-8-9-10-15(11(2)13(16)17)12(3)14(18)19;;/h11-12H,4-10H2,1-3H3,(H,16,17)(H,18,19);;/q;2*+1/p-2. The van der Waals surface area contributed by atoms with E-state index in [0.717, 1.165) is 19.3 Å². The minimum Gasteiger partial charge on any atom is -0.548 e. The van der Waals surface area contributed by atoms with Crippen molar-refractivity contribution in [2.75, 3.05) is 6.54 Å². The summed E-state index contributed by atoms with van der Waals surface area (Å²) in [6, 6.07) is -1.83. The van der Waals surface area contributed by atoms with E-state index in [1.165, 1.54) is 38.0 Å². The zero-order valence-corrected chi connectivity index (χ0v) is 20.4. The van der Waals surface area contributed by atoms with Crippen molar-refractivity contribution < 1.29 is 123 Å². The fourth-order valence-electron chi connectivity index (χ4n) is 2.07. The van der Waals surface area contributed by atoms with Gasteiger partial charge in [-0.05, 0) is 26.8 Å². The van der Waals surface area contributed by atoms with Crippen LogP contribution in [-0.4, -0.2) is 35.5 Å². The fraction of sp³-hybridized carbons (Fsp3) is 0.857. The summed E-state index contributed by atoms with van der Waals surface area (Å²) < 4.78 is 0. The van der Waals surface area contributed by atoms with Crippen LogP contribution in [0.5, 0.6) is 0 Å². The van der Waals surface area contributed by atoms with Crippen molar-refractivity contribution in [2.45, 2.75) is 71.4 Å². The molecule has 0 aliphatic heterocycles. The Morgan fingerprint density at radius 1 is 0.857 bits per heavy atom. The second kappa shape index (κ2) is 17.0. The molecule has 0 rings (SSSR count). The zero-order valence-electron chi connectivity index (χ0n) is 14.2. The van der Waals surface area contributed by atoms with E-state index < -0.39 is 24.0 Å². The van der Waals surface area contributed by atoms with E-state index in [2.05, 4.69) is 6.92 Å². The van der Waals surface area contributed by atoms with E-state index in [1.54, 1.807) is 0 Å². The molecule has 5 nitrogen and oxygen atoms in total. The predicted octanol–water partition coefficient (Wildman–Crippen LogP) is -6.07. The van der Waals surface area contributed by atoms with Gasteiger partial charge in [-0.2, -0.15) is 0 Å². The molecule has 21 heavy (non-hydrogen) atoms. The van der Waals surface area contributed by atoms with E-state index in [-0.39, 0.29) is 103 Å². The molecule has 0 aromatic rings. The molecule has 0 aromatic carbocycles. The van der Waals surface area contributed by atoms with Gasteiger partial charge >= 0.3 is 103 Å². The molecule has 0 N–H and O–H groups in total. The molecule has 0 aliphatic carbocycles. The molecular formula is C14H25K2NO4. The Morgan fingerprint density at radius 2 is 1.24 bits per heavy atom. The molecule has 0 saturated carbocycles. The molecule has 7 heteroatoms. The van der Waals surface area contributed by atoms with E-state index in [4.69, 9.17) is 0 Å². The summed E-state index contributed by atoms with van der Waals surface area (Å²) in [4.78, 5) is 23.2. The summed E-state index contributed by atoms with van der Waals surface area (Å²) in [6.07, 6.45) is 6.42. The predicted molar refractivity (Wildman–Crippen MR) is 69.0 cm³/mol. The van der Waals surface area contributed by atoms with Crippen LogP contribution in [0.25, 0.3) is 0 Å². The van der Waals surface area contributed by atoms with Gasteiger partial charge in [0.15, 0.2) is 0 Å². The molecule has 0 spiro atoms. The van der Waals surface area contributed by atoms with Gasteiger partial charge in [0.05, 0.1) is 11.9 Å². The van der Waals surface area contributed by atoms with Gasteiger partial charge in [-0.25, -0.2) is 0 Å². The van der Waals surface area contributed by atoms with Crippen molar-refractivity contribution in [1.29, 1.82) is 0 Å². The minimum absolute atomic E-state index is 0. The van der Waals surface area contributed by atoms with Crippen LogP contribution in [0.15, 0.2) is 0 Å². The Labute approximate surface area is 213 Å². The maximum atomic E-state index is 10.9. The van der Waals surface area contributed by atoms with Gasteiger partial charge in [0.25, 0.3) is 0 Å². The number of nitrogens with zero attached hydrogens (tertiary/aromatic N) is 1. The summed E-state index contributed by atoms with van der Waals surface area (Å²) in [5, 5.41) is 21.8. The van der Waals surface area contributed by atoms with E-state index in [1.807, 2.05) is 0 Å². The van der Waals surface area contributed by atoms with Gasteiger partial charge in [-0.3, -0.25) is 4.90 Å². The number of carbonyl (C=O) groups excluding carboxylic acids is 2. The van der Waals surface area contributed by atoms with Gasteiger partial charge in [0, 0.05) is 12.1 Å². The third-order valence-electron chi connectivity index (χ3n) is 3.45. The van der Waals surface area contributed by atoms with Crippen LogP contribution < -0.4 is 113 Å². The molecule has 2 unspecified atom stereocenters. The summed E-state index contributed by atoms with van der Waals surface area (Å²) >= 11 is 0. The normalized spacial score (nSPS) is 13.0. The molecule has 0 fully saturated rings. The third-order valence-corrected chi connectivity index (χ3v) is 3.45. The Balaban J connectivity index is -0.00000162. The molecule has 2 atom stereocenters. The average Bonchev–Trinajstić information content (AvgIpc) is 2.36. The van der Waals surface area contributed by atoms with Crippen LogP contribution in [0.2, 0.25) is 0 Å². The Bertz CT molecular complexity index is 270. The Hall–Kier alpha value is 2.17. The van der Waals surface area contributed by atoms with Crippen molar-refractivity contribution in [3.8, 4) is 0 Å². The van der Waals surface area contributed by atoms with Gasteiger partial charge in [-0.15, -0.1) is 0 Å². The van der Waals surface area contributed by atoms with Gasteiger partial charge in [0.2, 0.25) is 0 Å². The number of hydrogen-bond donors (Lipinski definition) is 0. The van der Waals surface area contributed by atoms with E-state index >= 15 is 0 Å². The number of hydrogen-bond acceptors (Lipinski definition) is 5. The van der Waals surface area contributed by atoms with Crippen LogP contribution in [0.4, 0.5) is 0 Å². The topological polar surface area (TPSA) is 83.5 Å². The Kier molecular flexibility index (Phi) is 22.7. The van der Waals surface area contributed by atoms with Crippen LogP contribution >= 0.6 is 0 Å². The molecule has 0 aliphatic rings. The first kappa shape index (κ1) is 28.0. The maximum Gasteiger partial charge on any atom is 1.00 e. The van der Waals surface area contributed by atoms with Crippen molar-refractivity contribution >= 4 is 11.9 Å². The molecule has 0 bridgehead atoms. The third kappa shape index (κ3) is 13.2.